The molecule has 3 heterocycles. The molecule has 0 aromatic carbocycles. The van der Waals surface area contributed by atoms with Crippen LogP contribution in [0.15, 0.2) is 45.6 Å². The van der Waals surface area contributed by atoms with Crippen LogP contribution in [0.2, 0.25) is 0 Å². The van der Waals surface area contributed by atoms with Crippen molar-refractivity contribution in [1.82, 2.24) is 0 Å². The predicted octanol–water partition coefficient (Wildman–Crippen LogP) is 3.60. The maximum absolute atomic E-state index is 5.52. The van der Waals surface area contributed by atoms with Crippen LogP contribution in [0.25, 0.3) is 0 Å². The fraction of sp³-hybridized carbons (Fsp3) is 0.385. The SMILES string of the molecule is c1coc(C2CCCCN2c2ccco2)c1. The molecule has 0 spiro atoms. The van der Waals surface area contributed by atoms with E-state index in [1.54, 1.807) is 12.5 Å². The summed E-state index contributed by atoms with van der Waals surface area (Å²) < 4.78 is 11.0. The van der Waals surface area contributed by atoms with Crippen molar-refractivity contribution in [1.29, 1.82) is 0 Å². The van der Waals surface area contributed by atoms with Crippen molar-refractivity contribution in [2.45, 2.75) is 25.3 Å². The van der Waals surface area contributed by atoms with E-state index in [0.29, 0.717) is 6.04 Å². The van der Waals surface area contributed by atoms with Gasteiger partial charge in [0.1, 0.15) is 5.76 Å². The van der Waals surface area contributed by atoms with E-state index in [9.17, 15) is 0 Å². The van der Waals surface area contributed by atoms with Gasteiger partial charge in [-0.15, -0.1) is 0 Å². The minimum atomic E-state index is 0.329. The quantitative estimate of drug-likeness (QED) is 0.769. The summed E-state index contributed by atoms with van der Waals surface area (Å²) in [5.74, 6) is 1.98. The Morgan fingerprint density at radius 3 is 2.69 bits per heavy atom. The van der Waals surface area contributed by atoms with E-state index < -0.39 is 0 Å². The van der Waals surface area contributed by atoms with Gasteiger partial charge in [-0.3, -0.25) is 0 Å². The van der Waals surface area contributed by atoms with Gasteiger partial charge in [-0.05, 0) is 37.5 Å². The van der Waals surface area contributed by atoms with Gasteiger partial charge in [0, 0.05) is 12.6 Å². The molecule has 1 atom stereocenters. The maximum atomic E-state index is 5.52. The molecule has 3 rings (SSSR count). The Morgan fingerprint density at radius 2 is 1.94 bits per heavy atom. The number of hydrogen-bond acceptors (Lipinski definition) is 3. The molecule has 1 unspecified atom stereocenters. The molecule has 1 aliphatic heterocycles. The lowest BCUT2D eigenvalue weighted by Gasteiger charge is -2.34. The zero-order valence-electron chi connectivity index (χ0n) is 9.13. The van der Waals surface area contributed by atoms with Crippen LogP contribution in [-0.4, -0.2) is 6.54 Å². The molecule has 0 saturated carbocycles. The van der Waals surface area contributed by atoms with Crippen molar-refractivity contribution in [3.63, 3.8) is 0 Å². The van der Waals surface area contributed by atoms with Gasteiger partial charge in [0.25, 0.3) is 0 Å². The van der Waals surface area contributed by atoms with Crippen LogP contribution in [0.4, 0.5) is 5.88 Å². The summed E-state index contributed by atoms with van der Waals surface area (Å²) in [6, 6.07) is 8.27. The summed E-state index contributed by atoms with van der Waals surface area (Å²) in [4.78, 5) is 2.29. The molecule has 3 heteroatoms. The van der Waals surface area contributed by atoms with Crippen LogP contribution in [0, 0.1) is 0 Å². The molecule has 0 radical (unpaired) electrons. The Morgan fingerprint density at radius 1 is 1.06 bits per heavy atom. The highest BCUT2D eigenvalue weighted by molar-refractivity contribution is 5.38. The van der Waals surface area contributed by atoms with E-state index in [-0.39, 0.29) is 0 Å². The summed E-state index contributed by atoms with van der Waals surface area (Å²) in [5.41, 5.74) is 0. The molecule has 0 bridgehead atoms. The van der Waals surface area contributed by atoms with Crippen LogP contribution >= 0.6 is 0 Å². The first-order valence-electron chi connectivity index (χ1n) is 5.79. The highest BCUT2D eigenvalue weighted by atomic mass is 16.4. The molecule has 2 aromatic rings. The van der Waals surface area contributed by atoms with Crippen LogP contribution in [0.3, 0.4) is 0 Å². The molecule has 0 amide bonds. The van der Waals surface area contributed by atoms with Crippen LogP contribution in [-0.2, 0) is 0 Å². The maximum Gasteiger partial charge on any atom is 0.195 e. The predicted molar refractivity (Wildman–Crippen MR) is 61.4 cm³/mol. The van der Waals surface area contributed by atoms with E-state index in [1.807, 2.05) is 24.3 Å². The fourth-order valence-corrected chi connectivity index (χ4v) is 2.41. The third kappa shape index (κ3) is 1.62. The molecular formula is C13H15NO2. The minimum absolute atomic E-state index is 0.329. The van der Waals surface area contributed by atoms with Crippen molar-refractivity contribution >= 4 is 5.88 Å². The van der Waals surface area contributed by atoms with E-state index in [4.69, 9.17) is 8.83 Å². The third-order valence-corrected chi connectivity index (χ3v) is 3.16. The molecule has 0 aliphatic carbocycles. The molecule has 3 nitrogen and oxygen atoms in total. The van der Waals surface area contributed by atoms with Gasteiger partial charge < -0.3 is 13.7 Å². The van der Waals surface area contributed by atoms with Crippen molar-refractivity contribution in [3.05, 3.63) is 42.6 Å². The Hall–Kier alpha value is -1.64. The minimum Gasteiger partial charge on any atom is -0.467 e. The molecule has 0 N–H and O–H groups in total. The molecule has 84 valence electrons. The van der Waals surface area contributed by atoms with Gasteiger partial charge in [0.2, 0.25) is 0 Å². The van der Waals surface area contributed by atoms with Crippen LogP contribution in [0.5, 0.6) is 0 Å². The molecule has 2 aromatic heterocycles. The summed E-state index contributed by atoms with van der Waals surface area (Å²) in [6.45, 7) is 1.04. The highest BCUT2D eigenvalue weighted by Gasteiger charge is 2.27. The number of rotatable bonds is 2. The van der Waals surface area contributed by atoms with Gasteiger partial charge in [0.15, 0.2) is 5.88 Å². The zero-order chi connectivity index (χ0) is 10.8. The van der Waals surface area contributed by atoms with E-state index in [1.165, 1.54) is 12.8 Å². The number of nitrogens with zero attached hydrogens (tertiary/aromatic N) is 1. The topological polar surface area (TPSA) is 29.5 Å². The Balaban J connectivity index is 1.90. The first kappa shape index (κ1) is 9.58. The average molecular weight is 217 g/mol. The monoisotopic (exact) mass is 217 g/mol. The lowest BCUT2D eigenvalue weighted by atomic mass is 10.0. The summed E-state index contributed by atoms with van der Waals surface area (Å²) in [6.07, 6.45) is 7.07. The second-order valence-electron chi connectivity index (χ2n) is 4.17. The Labute approximate surface area is 94.7 Å². The third-order valence-electron chi connectivity index (χ3n) is 3.16. The highest BCUT2D eigenvalue weighted by Crippen LogP contribution is 2.35. The van der Waals surface area contributed by atoms with Gasteiger partial charge in [0.05, 0.1) is 18.6 Å². The first-order chi connectivity index (χ1) is 7.95. The average Bonchev–Trinajstić information content (AvgIpc) is 3.03. The second-order valence-corrected chi connectivity index (χ2v) is 4.17. The molecule has 1 saturated heterocycles. The lowest BCUT2D eigenvalue weighted by Crippen LogP contribution is -2.32. The summed E-state index contributed by atoms with van der Waals surface area (Å²) in [5, 5.41) is 0. The molecule has 16 heavy (non-hydrogen) atoms. The van der Waals surface area contributed by atoms with Crippen molar-refractivity contribution in [2.24, 2.45) is 0 Å². The van der Waals surface area contributed by atoms with Gasteiger partial charge in [-0.25, -0.2) is 0 Å². The molecular weight excluding hydrogens is 202 g/mol. The van der Waals surface area contributed by atoms with Crippen molar-refractivity contribution in [2.75, 3.05) is 11.4 Å². The van der Waals surface area contributed by atoms with E-state index in [0.717, 1.165) is 24.6 Å². The van der Waals surface area contributed by atoms with Crippen molar-refractivity contribution in [3.8, 4) is 0 Å². The van der Waals surface area contributed by atoms with Crippen molar-refractivity contribution < 1.29 is 8.83 Å². The van der Waals surface area contributed by atoms with Crippen LogP contribution in [0.1, 0.15) is 31.1 Å². The Kier molecular flexibility index (Phi) is 2.44. The number of hydrogen-bond donors (Lipinski definition) is 0. The second kappa shape index (κ2) is 4.08. The zero-order valence-corrected chi connectivity index (χ0v) is 9.13. The number of anilines is 1. The smallest absolute Gasteiger partial charge is 0.195 e. The standard InChI is InChI=1S/C13H15NO2/c1-2-8-14(13-7-4-10-16-13)11(5-1)12-6-3-9-15-12/h3-4,6-7,9-11H,1-2,5,8H2. The van der Waals surface area contributed by atoms with Gasteiger partial charge in [-0.1, -0.05) is 0 Å². The van der Waals surface area contributed by atoms with Gasteiger partial charge >= 0.3 is 0 Å². The van der Waals surface area contributed by atoms with E-state index >= 15 is 0 Å². The normalized spacial score (nSPS) is 21.2. The first-order valence-corrected chi connectivity index (χ1v) is 5.79. The Bertz CT molecular complexity index is 376. The number of piperidine rings is 1. The summed E-state index contributed by atoms with van der Waals surface area (Å²) in [7, 11) is 0. The summed E-state index contributed by atoms with van der Waals surface area (Å²) >= 11 is 0. The largest absolute Gasteiger partial charge is 0.467 e. The number of furan rings is 2. The van der Waals surface area contributed by atoms with Gasteiger partial charge in [-0.2, -0.15) is 0 Å². The molecule has 1 aliphatic rings. The molecule has 1 fully saturated rings. The fourth-order valence-electron chi connectivity index (χ4n) is 2.41. The van der Waals surface area contributed by atoms with Crippen LogP contribution < -0.4 is 4.90 Å². The van der Waals surface area contributed by atoms with E-state index in [2.05, 4.69) is 4.90 Å². The lowest BCUT2D eigenvalue weighted by molar-refractivity contribution is 0.373.